The zero-order chi connectivity index (χ0) is 19.2. The Bertz CT molecular complexity index is 539. The number of piperidine rings is 1. The van der Waals surface area contributed by atoms with Gasteiger partial charge in [0, 0.05) is 26.1 Å². The van der Waals surface area contributed by atoms with Gasteiger partial charge in [0.25, 0.3) is 0 Å². The van der Waals surface area contributed by atoms with Crippen molar-refractivity contribution in [2.24, 2.45) is 11.8 Å². The molecule has 1 saturated heterocycles. The molecule has 1 aliphatic heterocycles. The summed E-state index contributed by atoms with van der Waals surface area (Å²) in [6.45, 7) is 2.65. The van der Waals surface area contributed by atoms with Crippen molar-refractivity contribution in [1.82, 2.24) is 15.5 Å². The van der Waals surface area contributed by atoms with E-state index in [1.165, 1.54) is 26.2 Å². The second kappa shape index (κ2) is 9.56. The van der Waals surface area contributed by atoms with Crippen molar-refractivity contribution in [3.05, 3.63) is 0 Å². The van der Waals surface area contributed by atoms with Crippen molar-refractivity contribution in [2.45, 2.75) is 89.6 Å². The molecule has 27 heavy (non-hydrogen) atoms. The number of hydrogen-bond donors (Lipinski definition) is 2. The average Bonchev–Trinajstić information content (AvgIpc) is 3.21. The van der Waals surface area contributed by atoms with E-state index in [0.717, 1.165) is 51.4 Å². The van der Waals surface area contributed by atoms with Gasteiger partial charge in [-0.1, -0.05) is 32.1 Å². The molecule has 0 aromatic carbocycles. The highest BCUT2D eigenvalue weighted by atomic mass is 16.2. The summed E-state index contributed by atoms with van der Waals surface area (Å²) in [5.74, 6) is 0.0801. The summed E-state index contributed by atoms with van der Waals surface area (Å²) < 4.78 is 0. The van der Waals surface area contributed by atoms with Gasteiger partial charge in [0.15, 0.2) is 0 Å². The van der Waals surface area contributed by atoms with Crippen LogP contribution in [0.15, 0.2) is 0 Å². The largest absolute Gasteiger partial charge is 0.353 e. The summed E-state index contributed by atoms with van der Waals surface area (Å²) in [5.41, 5.74) is 0. The fourth-order valence-electron chi connectivity index (χ4n) is 5.04. The maximum absolute atomic E-state index is 13.2. The third-order valence-corrected chi connectivity index (χ3v) is 6.55. The quantitative estimate of drug-likeness (QED) is 0.772. The summed E-state index contributed by atoms with van der Waals surface area (Å²) >= 11 is 0. The number of amides is 3. The molecule has 2 atom stereocenters. The number of nitrogens with one attached hydrogen (secondary N) is 2. The van der Waals surface area contributed by atoms with Crippen LogP contribution >= 0.6 is 0 Å². The van der Waals surface area contributed by atoms with Crippen LogP contribution in [0, 0.1) is 11.8 Å². The molecular formula is C21H35N3O3. The van der Waals surface area contributed by atoms with Gasteiger partial charge in [0.05, 0.1) is 5.92 Å². The third-order valence-electron chi connectivity index (χ3n) is 6.55. The Morgan fingerprint density at radius 2 is 1.56 bits per heavy atom. The molecule has 2 N–H and O–H groups in total. The van der Waals surface area contributed by atoms with Gasteiger partial charge >= 0.3 is 0 Å². The molecule has 152 valence electrons. The molecule has 0 aromatic heterocycles. The minimum atomic E-state index is -0.426. The Kier molecular flexibility index (Phi) is 7.13. The van der Waals surface area contributed by atoms with Gasteiger partial charge in [-0.05, 0) is 44.4 Å². The van der Waals surface area contributed by atoms with Gasteiger partial charge in [-0.15, -0.1) is 0 Å². The van der Waals surface area contributed by atoms with Crippen LogP contribution in [-0.2, 0) is 14.4 Å². The maximum atomic E-state index is 13.2. The third kappa shape index (κ3) is 5.45. The molecule has 0 bridgehead atoms. The molecule has 2 aliphatic carbocycles. The van der Waals surface area contributed by atoms with Crippen molar-refractivity contribution in [1.29, 1.82) is 0 Å². The summed E-state index contributed by atoms with van der Waals surface area (Å²) in [5, 5.41) is 6.12. The molecule has 6 heteroatoms. The predicted molar refractivity (Wildman–Crippen MR) is 104 cm³/mol. The molecule has 0 unspecified atom stereocenters. The molecule has 1 heterocycles. The van der Waals surface area contributed by atoms with Crippen molar-refractivity contribution in [2.75, 3.05) is 13.1 Å². The lowest BCUT2D eigenvalue weighted by Gasteiger charge is -2.36. The van der Waals surface area contributed by atoms with E-state index >= 15 is 0 Å². The van der Waals surface area contributed by atoms with Crippen molar-refractivity contribution >= 4 is 17.7 Å². The molecule has 3 amide bonds. The van der Waals surface area contributed by atoms with Gasteiger partial charge < -0.3 is 15.5 Å². The van der Waals surface area contributed by atoms with Crippen LogP contribution in [0.3, 0.4) is 0 Å². The fourth-order valence-corrected chi connectivity index (χ4v) is 5.04. The Morgan fingerprint density at radius 3 is 2.22 bits per heavy atom. The van der Waals surface area contributed by atoms with Crippen molar-refractivity contribution in [3.63, 3.8) is 0 Å². The Hall–Kier alpha value is -1.59. The zero-order valence-electron chi connectivity index (χ0n) is 16.7. The Labute approximate surface area is 162 Å². The second-order valence-electron chi connectivity index (χ2n) is 8.69. The van der Waals surface area contributed by atoms with E-state index in [0.29, 0.717) is 19.1 Å². The van der Waals surface area contributed by atoms with Crippen LogP contribution < -0.4 is 10.6 Å². The van der Waals surface area contributed by atoms with E-state index in [9.17, 15) is 14.4 Å². The normalized spacial score (nSPS) is 25.8. The smallest absolute Gasteiger partial charge is 0.245 e. The van der Waals surface area contributed by atoms with Gasteiger partial charge in [-0.3, -0.25) is 14.4 Å². The topological polar surface area (TPSA) is 78.5 Å². The van der Waals surface area contributed by atoms with Crippen LogP contribution in [0.5, 0.6) is 0 Å². The maximum Gasteiger partial charge on any atom is 0.245 e. The molecule has 6 nitrogen and oxygen atoms in total. The first kappa shape index (κ1) is 20.2. The number of nitrogens with zero attached hydrogens (tertiary/aromatic N) is 1. The first-order valence-electron chi connectivity index (χ1n) is 10.9. The van der Waals surface area contributed by atoms with E-state index < -0.39 is 6.04 Å². The number of carbonyl (C=O) groups excluding carboxylic acids is 3. The monoisotopic (exact) mass is 377 g/mol. The first-order valence-corrected chi connectivity index (χ1v) is 10.9. The zero-order valence-corrected chi connectivity index (χ0v) is 16.7. The number of hydrogen-bond acceptors (Lipinski definition) is 3. The second-order valence-corrected chi connectivity index (χ2v) is 8.69. The number of rotatable bonds is 5. The highest BCUT2D eigenvalue weighted by Gasteiger charge is 2.37. The van der Waals surface area contributed by atoms with Crippen LogP contribution in [0.4, 0.5) is 0 Å². The SMILES string of the molecule is CC(=O)N[C@@H](C(=O)N1CCC[C@H](C(=O)NC2CCCCC2)C1)C1CCCC1. The first-order chi connectivity index (χ1) is 13.0. The minimum Gasteiger partial charge on any atom is -0.353 e. The van der Waals surface area contributed by atoms with E-state index in [-0.39, 0.29) is 29.6 Å². The van der Waals surface area contributed by atoms with Gasteiger partial charge in [-0.2, -0.15) is 0 Å². The van der Waals surface area contributed by atoms with Gasteiger partial charge in [0.1, 0.15) is 6.04 Å². The molecule has 3 fully saturated rings. The van der Waals surface area contributed by atoms with Crippen LogP contribution in [0.25, 0.3) is 0 Å². The molecule has 3 rings (SSSR count). The van der Waals surface area contributed by atoms with Crippen molar-refractivity contribution < 1.29 is 14.4 Å². The molecule has 0 aromatic rings. The van der Waals surface area contributed by atoms with Crippen molar-refractivity contribution in [3.8, 4) is 0 Å². The van der Waals surface area contributed by atoms with Gasteiger partial charge in [0.2, 0.25) is 17.7 Å². The van der Waals surface area contributed by atoms with Crippen LogP contribution in [0.2, 0.25) is 0 Å². The van der Waals surface area contributed by atoms with E-state index in [1.807, 2.05) is 4.90 Å². The van der Waals surface area contributed by atoms with Crippen LogP contribution in [-0.4, -0.2) is 47.8 Å². The summed E-state index contributed by atoms with van der Waals surface area (Å²) in [6.07, 6.45) is 11.8. The summed E-state index contributed by atoms with van der Waals surface area (Å²) in [7, 11) is 0. The fraction of sp³-hybridized carbons (Fsp3) is 0.857. The van der Waals surface area contributed by atoms with E-state index in [4.69, 9.17) is 0 Å². The minimum absolute atomic E-state index is 0.00673. The lowest BCUT2D eigenvalue weighted by molar-refractivity contribution is -0.141. The summed E-state index contributed by atoms with van der Waals surface area (Å²) in [6, 6.07) is -0.117. The molecule has 0 radical (unpaired) electrons. The molecule has 0 spiro atoms. The highest BCUT2D eigenvalue weighted by Crippen LogP contribution is 2.30. The molecule has 3 aliphatic rings. The van der Waals surface area contributed by atoms with Crippen LogP contribution in [0.1, 0.15) is 77.6 Å². The Balaban J connectivity index is 1.58. The number of likely N-dealkylation sites (tertiary alicyclic amines) is 1. The lowest BCUT2D eigenvalue weighted by Crippen LogP contribution is -2.55. The van der Waals surface area contributed by atoms with E-state index in [2.05, 4.69) is 10.6 Å². The molecular weight excluding hydrogens is 342 g/mol. The summed E-state index contributed by atoms with van der Waals surface area (Å²) in [4.78, 5) is 39.4. The Morgan fingerprint density at radius 1 is 0.889 bits per heavy atom. The highest BCUT2D eigenvalue weighted by molar-refractivity contribution is 5.88. The number of carbonyl (C=O) groups is 3. The van der Waals surface area contributed by atoms with E-state index in [1.54, 1.807) is 0 Å². The standard InChI is InChI=1S/C21H35N3O3/c1-15(25)22-19(16-8-5-6-9-16)21(27)24-13-7-10-17(14-24)20(26)23-18-11-3-2-4-12-18/h16-19H,2-14H2,1H3,(H,22,25)(H,23,26)/t17-,19+/m0/s1. The molecule has 2 saturated carbocycles. The lowest BCUT2D eigenvalue weighted by atomic mass is 9.91. The van der Waals surface area contributed by atoms with Gasteiger partial charge in [-0.25, -0.2) is 0 Å². The predicted octanol–water partition coefficient (Wildman–Crippen LogP) is 2.37. The average molecular weight is 378 g/mol.